The molecule has 3 aliphatic rings. The van der Waals surface area contributed by atoms with E-state index in [1.165, 1.54) is 0 Å². The average Bonchev–Trinajstić information content (AvgIpc) is 3.18. The zero-order chi connectivity index (χ0) is 21.6. The number of benzene rings is 2. The molecule has 0 aromatic heterocycles. The number of rotatable bonds is 3. The Labute approximate surface area is 179 Å². The molecule has 0 aliphatic carbocycles. The maximum Gasteiger partial charge on any atom is 0.325 e. The Morgan fingerprint density at radius 3 is 2.71 bits per heavy atom. The van der Waals surface area contributed by atoms with Gasteiger partial charge in [-0.05, 0) is 42.7 Å². The van der Waals surface area contributed by atoms with E-state index in [-0.39, 0.29) is 12.5 Å². The Hall–Kier alpha value is -3.55. The molecule has 2 aromatic rings. The summed E-state index contributed by atoms with van der Waals surface area (Å²) in [5, 5.41) is 2.75. The van der Waals surface area contributed by atoms with E-state index >= 15 is 0 Å². The Morgan fingerprint density at radius 1 is 1.10 bits per heavy atom. The van der Waals surface area contributed by atoms with Crippen LogP contribution in [-0.2, 0) is 21.5 Å². The Balaban J connectivity index is 1.37. The SMILES string of the molecule is C[C@@]1(c2ccc3c(c2)OCCCO3)NC(=O)N(CC(=O)N2CCc3ccccc32)C1=O. The van der Waals surface area contributed by atoms with Crippen molar-refractivity contribution in [1.29, 1.82) is 0 Å². The molecule has 3 aliphatic heterocycles. The van der Waals surface area contributed by atoms with E-state index < -0.39 is 17.5 Å². The summed E-state index contributed by atoms with van der Waals surface area (Å²) in [6.45, 7) is 2.96. The lowest BCUT2D eigenvalue weighted by Gasteiger charge is -2.24. The van der Waals surface area contributed by atoms with Gasteiger partial charge in [0.1, 0.15) is 12.1 Å². The fraction of sp³-hybridized carbons (Fsp3) is 0.348. The van der Waals surface area contributed by atoms with Gasteiger partial charge in [0.25, 0.3) is 5.91 Å². The van der Waals surface area contributed by atoms with Crippen molar-refractivity contribution in [3.63, 3.8) is 0 Å². The Kier molecular flexibility index (Phi) is 4.57. The van der Waals surface area contributed by atoms with Crippen molar-refractivity contribution in [2.75, 3.05) is 31.2 Å². The second-order valence-corrected chi connectivity index (χ2v) is 8.08. The largest absolute Gasteiger partial charge is 0.490 e. The predicted molar refractivity (Wildman–Crippen MR) is 112 cm³/mol. The molecule has 5 rings (SSSR count). The van der Waals surface area contributed by atoms with Crippen LogP contribution in [0.15, 0.2) is 42.5 Å². The van der Waals surface area contributed by atoms with Crippen molar-refractivity contribution in [2.45, 2.75) is 25.3 Å². The normalized spacial score (nSPS) is 22.2. The lowest BCUT2D eigenvalue weighted by atomic mass is 9.91. The molecule has 0 bridgehead atoms. The monoisotopic (exact) mass is 421 g/mol. The standard InChI is InChI=1S/C23H23N3O5/c1-23(16-7-8-18-19(13-16)31-12-4-11-30-18)21(28)26(22(29)24-23)14-20(27)25-10-9-15-5-2-3-6-17(15)25/h2-3,5-8,13H,4,9-12,14H2,1H3,(H,24,29)/t23-/m0/s1. The van der Waals surface area contributed by atoms with Crippen LogP contribution >= 0.6 is 0 Å². The van der Waals surface area contributed by atoms with Gasteiger partial charge >= 0.3 is 6.03 Å². The summed E-state index contributed by atoms with van der Waals surface area (Å²) in [5.41, 5.74) is 1.22. The van der Waals surface area contributed by atoms with Crippen molar-refractivity contribution < 1.29 is 23.9 Å². The first kappa shape index (κ1) is 19.4. The molecule has 0 radical (unpaired) electrons. The van der Waals surface area contributed by atoms with E-state index in [1.54, 1.807) is 30.0 Å². The molecule has 2 aromatic carbocycles. The second-order valence-electron chi connectivity index (χ2n) is 8.08. The number of nitrogens with one attached hydrogen (secondary N) is 1. The molecule has 1 N–H and O–H groups in total. The molecule has 0 unspecified atom stereocenters. The van der Waals surface area contributed by atoms with Crippen LogP contribution in [0.5, 0.6) is 11.5 Å². The van der Waals surface area contributed by atoms with Crippen LogP contribution in [0.2, 0.25) is 0 Å². The number of fused-ring (bicyclic) bond motifs is 2. The van der Waals surface area contributed by atoms with Crippen LogP contribution in [0, 0.1) is 0 Å². The van der Waals surface area contributed by atoms with Gasteiger partial charge in [0.05, 0.1) is 13.2 Å². The zero-order valence-electron chi connectivity index (χ0n) is 17.2. The van der Waals surface area contributed by atoms with Crippen molar-refractivity contribution in [1.82, 2.24) is 10.2 Å². The van der Waals surface area contributed by atoms with Crippen LogP contribution in [0.25, 0.3) is 0 Å². The van der Waals surface area contributed by atoms with E-state index in [0.29, 0.717) is 36.8 Å². The molecule has 160 valence electrons. The molecule has 1 atom stereocenters. The summed E-state index contributed by atoms with van der Waals surface area (Å²) < 4.78 is 11.4. The van der Waals surface area contributed by atoms with Gasteiger partial charge in [0.15, 0.2) is 11.5 Å². The highest BCUT2D eigenvalue weighted by atomic mass is 16.5. The molecule has 0 saturated carbocycles. The van der Waals surface area contributed by atoms with Gasteiger partial charge in [0.2, 0.25) is 5.91 Å². The first-order valence-corrected chi connectivity index (χ1v) is 10.4. The summed E-state index contributed by atoms with van der Waals surface area (Å²) in [5.74, 6) is 0.409. The minimum Gasteiger partial charge on any atom is -0.490 e. The average molecular weight is 421 g/mol. The van der Waals surface area contributed by atoms with E-state index in [1.807, 2.05) is 24.3 Å². The number of urea groups is 1. The highest BCUT2D eigenvalue weighted by molar-refractivity contribution is 6.10. The van der Waals surface area contributed by atoms with Gasteiger partial charge in [-0.25, -0.2) is 4.79 Å². The quantitative estimate of drug-likeness (QED) is 0.768. The molecule has 0 spiro atoms. The lowest BCUT2D eigenvalue weighted by Crippen LogP contribution is -2.44. The van der Waals surface area contributed by atoms with Crippen LogP contribution in [0.3, 0.4) is 0 Å². The summed E-state index contributed by atoms with van der Waals surface area (Å²) in [6, 6.07) is 12.3. The summed E-state index contributed by atoms with van der Waals surface area (Å²) in [6.07, 6.45) is 1.53. The van der Waals surface area contributed by atoms with Crippen LogP contribution < -0.4 is 19.7 Å². The molecule has 4 amide bonds. The number of carbonyl (C=O) groups is 3. The molecule has 1 saturated heterocycles. The van der Waals surface area contributed by atoms with E-state index in [9.17, 15) is 14.4 Å². The maximum atomic E-state index is 13.3. The summed E-state index contributed by atoms with van der Waals surface area (Å²) in [4.78, 5) is 41.5. The van der Waals surface area contributed by atoms with Gasteiger partial charge in [-0.2, -0.15) is 0 Å². The number of hydrogen-bond donors (Lipinski definition) is 1. The van der Waals surface area contributed by atoms with Crippen molar-refractivity contribution in [2.24, 2.45) is 0 Å². The van der Waals surface area contributed by atoms with E-state index in [0.717, 1.165) is 29.0 Å². The van der Waals surface area contributed by atoms with Crippen LogP contribution in [-0.4, -0.2) is 49.0 Å². The summed E-state index contributed by atoms with van der Waals surface area (Å²) >= 11 is 0. The van der Waals surface area contributed by atoms with Crippen LogP contribution in [0.1, 0.15) is 24.5 Å². The first-order chi connectivity index (χ1) is 15.0. The third-order valence-electron chi connectivity index (χ3n) is 6.08. The third kappa shape index (κ3) is 3.19. The number of anilines is 1. The fourth-order valence-electron chi connectivity index (χ4n) is 4.33. The Morgan fingerprint density at radius 2 is 1.87 bits per heavy atom. The van der Waals surface area contributed by atoms with E-state index in [4.69, 9.17) is 9.47 Å². The number of amides is 4. The summed E-state index contributed by atoms with van der Waals surface area (Å²) in [7, 11) is 0. The van der Waals surface area contributed by atoms with Gasteiger partial charge < -0.3 is 19.7 Å². The van der Waals surface area contributed by atoms with Gasteiger partial charge in [-0.3, -0.25) is 14.5 Å². The number of ether oxygens (including phenoxy) is 2. The molecule has 1 fully saturated rings. The predicted octanol–water partition coefficient (Wildman–Crippen LogP) is 2.20. The fourth-order valence-corrected chi connectivity index (χ4v) is 4.33. The van der Waals surface area contributed by atoms with Crippen LogP contribution in [0.4, 0.5) is 10.5 Å². The molecule has 8 heteroatoms. The highest BCUT2D eigenvalue weighted by Crippen LogP contribution is 2.37. The zero-order valence-corrected chi connectivity index (χ0v) is 17.2. The lowest BCUT2D eigenvalue weighted by molar-refractivity contribution is -0.134. The maximum absolute atomic E-state index is 13.3. The first-order valence-electron chi connectivity index (χ1n) is 10.4. The number of para-hydroxylation sites is 1. The third-order valence-corrected chi connectivity index (χ3v) is 6.08. The molecular formula is C23H23N3O5. The number of imide groups is 1. The minimum atomic E-state index is -1.29. The molecule has 8 nitrogen and oxygen atoms in total. The molecule has 3 heterocycles. The Bertz CT molecular complexity index is 1080. The smallest absolute Gasteiger partial charge is 0.325 e. The van der Waals surface area contributed by atoms with Gasteiger partial charge in [-0.15, -0.1) is 0 Å². The number of hydrogen-bond acceptors (Lipinski definition) is 5. The number of nitrogens with zero attached hydrogens (tertiary/aromatic N) is 2. The highest BCUT2D eigenvalue weighted by Gasteiger charge is 2.50. The molecular weight excluding hydrogens is 398 g/mol. The topological polar surface area (TPSA) is 88.2 Å². The van der Waals surface area contributed by atoms with E-state index in [2.05, 4.69) is 5.32 Å². The van der Waals surface area contributed by atoms with Gasteiger partial charge in [-0.1, -0.05) is 24.3 Å². The van der Waals surface area contributed by atoms with Crippen molar-refractivity contribution in [3.8, 4) is 11.5 Å². The second kappa shape index (κ2) is 7.30. The minimum absolute atomic E-state index is 0.281. The number of carbonyl (C=O) groups excluding carboxylic acids is 3. The van der Waals surface area contributed by atoms with Gasteiger partial charge in [0, 0.05) is 18.7 Å². The van der Waals surface area contributed by atoms with Crippen molar-refractivity contribution >= 4 is 23.5 Å². The molecule has 31 heavy (non-hydrogen) atoms. The van der Waals surface area contributed by atoms with Crippen molar-refractivity contribution in [3.05, 3.63) is 53.6 Å².